The van der Waals surface area contributed by atoms with E-state index in [1.54, 1.807) is 0 Å². The molecule has 0 aliphatic heterocycles. The number of hydrogen-bond donors (Lipinski definition) is 2. The highest BCUT2D eigenvalue weighted by Gasteiger charge is 2.23. The van der Waals surface area contributed by atoms with Crippen molar-refractivity contribution in [2.45, 2.75) is 46.6 Å². The molecule has 2 N–H and O–H groups in total. The molecule has 108 valence electrons. The first-order chi connectivity index (χ1) is 8.77. The van der Waals surface area contributed by atoms with E-state index in [1.807, 2.05) is 33.8 Å². The first kappa shape index (κ1) is 17.2. The van der Waals surface area contributed by atoms with Crippen LogP contribution in [0.3, 0.4) is 0 Å². The lowest BCUT2D eigenvalue weighted by molar-refractivity contribution is 0.145. The normalized spacial score (nSPS) is 12.1. The fourth-order valence-corrected chi connectivity index (χ4v) is 1.51. The third kappa shape index (κ3) is 7.29. The van der Waals surface area contributed by atoms with E-state index in [-0.39, 0.29) is 12.5 Å². The van der Waals surface area contributed by atoms with Crippen molar-refractivity contribution in [3.05, 3.63) is 0 Å². The second-order valence-electron chi connectivity index (χ2n) is 5.38. The highest BCUT2D eigenvalue weighted by atomic mass is 16.4. The van der Waals surface area contributed by atoms with Crippen LogP contribution >= 0.6 is 0 Å². The Kier molecular flexibility index (Phi) is 7.57. The summed E-state index contributed by atoms with van der Waals surface area (Å²) in [5.41, 5.74) is 0. The molecule has 0 aliphatic rings. The van der Waals surface area contributed by atoms with Gasteiger partial charge in [0.25, 0.3) is 0 Å². The molecule has 0 aromatic rings. The Morgan fingerprint density at radius 2 is 1.84 bits per heavy atom. The molecule has 0 aromatic heterocycles. The van der Waals surface area contributed by atoms with Crippen molar-refractivity contribution in [2.24, 2.45) is 11.8 Å². The van der Waals surface area contributed by atoms with Crippen molar-refractivity contribution in [1.29, 1.82) is 5.26 Å². The molecule has 0 saturated carbocycles. The molecule has 1 atom stereocenters. The first-order valence-electron chi connectivity index (χ1n) is 6.48. The summed E-state index contributed by atoms with van der Waals surface area (Å²) in [6, 6.07) is 0.591. The Balaban J connectivity index is 4.55. The van der Waals surface area contributed by atoms with E-state index in [9.17, 15) is 9.59 Å². The number of carbonyl (C=O) groups is 2. The third-order valence-corrected chi connectivity index (χ3v) is 2.57. The van der Waals surface area contributed by atoms with Crippen LogP contribution in [0, 0.1) is 23.2 Å². The molecule has 0 aromatic carbocycles. The maximum absolute atomic E-state index is 11.8. The lowest BCUT2D eigenvalue weighted by Gasteiger charge is -2.21. The Morgan fingerprint density at radius 1 is 1.26 bits per heavy atom. The number of hydrogen-bond acceptors (Lipinski definition) is 3. The highest BCUT2D eigenvalue weighted by molar-refractivity contribution is 5.90. The van der Waals surface area contributed by atoms with Crippen LogP contribution in [0.15, 0.2) is 0 Å². The van der Waals surface area contributed by atoms with Crippen LogP contribution in [0.25, 0.3) is 0 Å². The van der Waals surface area contributed by atoms with Gasteiger partial charge in [-0.15, -0.1) is 0 Å². The topological polar surface area (TPSA) is 93.4 Å². The summed E-state index contributed by atoms with van der Waals surface area (Å²) in [6.07, 6.45) is -0.194. The summed E-state index contributed by atoms with van der Waals surface area (Å²) in [4.78, 5) is 23.6. The number of carbonyl (C=O) groups excluding carboxylic acids is 1. The van der Waals surface area contributed by atoms with Crippen molar-refractivity contribution in [3.8, 4) is 6.07 Å². The average molecular weight is 269 g/mol. The highest BCUT2D eigenvalue weighted by Crippen LogP contribution is 2.06. The molecule has 0 spiro atoms. The summed E-state index contributed by atoms with van der Waals surface area (Å²) >= 11 is 0. The van der Waals surface area contributed by atoms with Gasteiger partial charge in [-0.2, -0.15) is 5.26 Å². The zero-order chi connectivity index (χ0) is 15.0. The summed E-state index contributed by atoms with van der Waals surface area (Å²) in [5.74, 6) is 0.552. The third-order valence-electron chi connectivity index (χ3n) is 2.57. The van der Waals surface area contributed by atoms with E-state index >= 15 is 0 Å². The van der Waals surface area contributed by atoms with Gasteiger partial charge in [-0.25, -0.2) is 14.5 Å². The van der Waals surface area contributed by atoms with Crippen molar-refractivity contribution >= 4 is 12.1 Å². The summed E-state index contributed by atoms with van der Waals surface area (Å²) in [7, 11) is 0. The second kappa shape index (κ2) is 8.35. The van der Waals surface area contributed by atoms with E-state index in [0.717, 1.165) is 4.90 Å². The number of rotatable bonds is 6. The number of nitriles is 1. The van der Waals surface area contributed by atoms with Crippen LogP contribution in [0.2, 0.25) is 0 Å². The maximum atomic E-state index is 11.8. The van der Waals surface area contributed by atoms with Gasteiger partial charge in [0.15, 0.2) is 0 Å². The number of amides is 3. The Morgan fingerprint density at radius 3 is 2.21 bits per heavy atom. The van der Waals surface area contributed by atoms with E-state index in [1.165, 1.54) is 0 Å². The lowest BCUT2D eigenvalue weighted by atomic mass is 10.1. The number of nitrogens with zero attached hydrogens (tertiary/aromatic N) is 2. The summed E-state index contributed by atoms with van der Waals surface area (Å²) in [5, 5.41) is 20.4. The smallest absolute Gasteiger partial charge is 0.415 e. The zero-order valence-corrected chi connectivity index (χ0v) is 12.0. The molecular weight excluding hydrogens is 246 g/mol. The van der Waals surface area contributed by atoms with Crippen molar-refractivity contribution < 1.29 is 14.7 Å². The SMILES string of the molecule is CC(C)CCN(C(=O)O)C(=O)N[C@H](C#N)CC(C)C. The molecule has 0 unspecified atom stereocenters. The van der Waals surface area contributed by atoms with Crippen molar-refractivity contribution in [3.63, 3.8) is 0 Å². The van der Waals surface area contributed by atoms with Crippen LogP contribution in [0.1, 0.15) is 40.5 Å². The van der Waals surface area contributed by atoms with E-state index in [4.69, 9.17) is 10.4 Å². The molecule has 0 bridgehead atoms. The zero-order valence-electron chi connectivity index (χ0n) is 12.0. The van der Waals surface area contributed by atoms with Crippen LogP contribution in [0.4, 0.5) is 9.59 Å². The molecule has 3 amide bonds. The minimum atomic E-state index is -1.29. The summed E-state index contributed by atoms with van der Waals surface area (Å²) < 4.78 is 0. The van der Waals surface area contributed by atoms with Crippen molar-refractivity contribution in [1.82, 2.24) is 10.2 Å². The van der Waals surface area contributed by atoms with Gasteiger partial charge < -0.3 is 10.4 Å². The van der Waals surface area contributed by atoms with Crippen LogP contribution in [0.5, 0.6) is 0 Å². The van der Waals surface area contributed by atoms with Gasteiger partial charge in [-0.05, 0) is 24.7 Å². The molecule has 0 heterocycles. The molecular formula is C13H23N3O3. The summed E-state index contributed by atoms with van der Waals surface area (Å²) in [6.45, 7) is 7.91. The Labute approximate surface area is 114 Å². The van der Waals surface area contributed by atoms with Gasteiger partial charge in [-0.1, -0.05) is 27.7 Å². The molecule has 0 saturated heterocycles. The number of imide groups is 1. The van der Waals surface area contributed by atoms with E-state index < -0.39 is 18.2 Å². The van der Waals surface area contributed by atoms with Gasteiger partial charge in [0, 0.05) is 6.54 Å². The number of carboxylic acid groups (broad SMARTS) is 1. The van der Waals surface area contributed by atoms with Gasteiger partial charge in [-0.3, -0.25) is 0 Å². The molecule has 19 heavy (non-hydrogen) atoms. The van der Waals surface area contributed by atoms with Crippen molar-refractivity contribution in [2.75, 3.05) is 6.54 Å². The lowest BCUT2D eigenvalue weighted by Crippen LogP contribution is -2.47. The average Bonchev–Trinajstić information content (AvgIpc) is 2.26. The Hall–Kier alpha value is -1.77. The minimum Gasteiger partial charge on any atom is -0.465 e. The number of nitrogens with one attached hydrogen (secondary N) is 1. The minimum absolute atomic E-state index is 0.138. The Bertz CT molecular complexity index is 348. The first-order valence-corrected chi connectivity index (χ1v) is 6.48. The molecule has 6 nitrogen and oxygen atoms in total. The molecule has 6 heteroatoms. The van der Waals surface area contributed by atoms with Gasteiger partial charge in [0.05, 0.1) is 6.07 Å². The predicted molar refractivity (Wildman–Crippen MR) is 71.6 cm³/mol. The van der Waals surface area contributed by atoms with E-state index in [2.05, 4.69) is 5.32 Å². The van der Waals surface area contributed by atoms with Gasteiger partial charge in [0.1, 0.15) is 6.04 Å². The maximum Gasteiger partial charge on any atom is 0.415 e. The quantitative estimate of drug-likeness (QED) is 0.775. The van der Waals surface area contributed by atoms with Crippen LogP contribution in [-0.2, 0) is 0 Å². The molecule has 0 aliphatic carbocycles. The van der Waals surface area contributed by atoms with Gasteiger partial charge in [0.2, 0.25) is 0 Å². The fraction of sp³-hybridized carbons (Fsp3) is 0.769. The van der Waals surface area contributed by atoms with Crippen LogP contribution in [-0.4, -0.2) is 34.7 Å². The van der Waals surface area contributed by atoms with E-state index in [0.29, 0.717) is 18.8 Å². The van der Waals surface area contributed by atoms with Gasteiger partial charge >= 0.3 is 12.1 Å². The molecule has 0 radical (unpaired) electrons. The largest absolute Gasteiger partial charge is 0.465 e. The second-order valence-corrected chi connectivity index (χ2v) is 5.38. The fourth-order valence-electron chi connectivity index (χ4n) is 1.51. The standard InChI is InChI=1S/C13H23N3O3/c1-9(2)5-6-16(13(18)19)12(17)15-11(8-14)7-10(3)4/h9-11H,5-7H2,1-4H3,(H,15,17)(H,18,19)/t11-/m0/s1. The molecule has 0 rings (SSSR count). The van der Waals surface area contributed by atoms with Crippen LogP contribution < -0.4 is 5.32 Å². The molecule has 0 fully saturated rings. The predicted octanol–water partition coefficient (Wildman–Crippen LogP) is 2.66. The monoisotopic (exact) mass is 269 g/mol. The number of urea groups is 1.